The van der Waals surface area contributed by atoms with Gasteiger partial charge in [-0.1, -0.05) is 0 Å². The lowest BCUT2D eigenvalue weighted by atomic mass is 10.4. The third-order valence-electron chi connectivity index (χ3n) is 1.14. The van der Waals surface area contributed by atoms with Crippen LogP contribution in [0.3, 0.4) is 0 Å². The smallest absolute Gasteiger partial charge is 0.503 e. The lowest BCUT2D eigenvalue weighted by Crippen LogP contribution is -2.05. The number of nitrogens with one attached hydrogen (secondary N) is 1. The van der Waals surface area contributed by atoms with Crippen molar-refractivity contribution < 1.29 is 24.2 Å². The van der Waals surface area contributed by atoms with Gasteiger partial charge in [-0.3, -0.25) is 9.78 Å². The fraction of sp³-hybridized carbons (Fsp3) is 0. The third kappa shape index (κ3) is 2.17. The Morgan fingerprint density at radius 3 is 2.54 bits per heavy atom. The molecule has 4 N–H and O–H groups in total. The van der Waals surface area contributed by atoms with E-state index in [2.05, 4.69) is 4.52 Å². The Balaban J connectivity index is 3.16. The largest absolute Gasteiger partial charge is 0.749 e. The number of hydrogen-bond acceptors (Lipinski definition) is 5. The van der Waals surface area contributed by atoms with Crippen molar-refractivity contribution in [1.82, 2.24) is 4.98 Å². The zero-order valence-corrected chi connectivity index (χ0v) is 6.99. The molecule has 1 aromatic heterocycles. The second-order valence-corrected chi connectivity index (χ2v) is 2.69. The Kier molecular flexibility index (Phi) is 2.50. The van der Waals surface area contributed by atoms with E-state index in [1.165, 1.54) is 0 Å². The fourth-order valence-corrected chi connectivity index (χ4v) is 0.935. The van der Waals surface area contributed by atoms with Crippen LogP contribution >= 0.6 is 8.25 Å². The van der Waals surface area contributed by atoms with Crippen LogP contribution in [0.2, 0.25) is 0 Å². The first-order valence-electron chi connectivity index (χ1n) is 3.00. The number of aromatic nitrogens is 1. The summed E-state index contributed by atoms with van der Waals surface area (Å²) in [5, 5.41) is 17.7. The van der Waals surface area contributed by atoms with E-state index in [9.17, 15) is 9.36 Å². The molecule has 0 spiro atoms. The first-order chi connectivity index (χ1) is 6.00. The summed E-state index contributed by atoms with van der Waals surface area (Å²) in [6.45, 7) is 0. The van der Waals surface area contributed by atoms with Gasteiger partial charge in [0.05, 0.1) is 0 Å². The van der Waals surface area contributed by atoms with Gasteiger partial charge in [0, 0.05) is 10.6 Å². The van der Waals surface area contributed by atoms with Crippen molar-refractivity contribution in [3.05, 3.63) is 16.4 Å². The topological polar surface area (TPSA) is 120 Å². The number of H-pyrrole nitrogens is 1. The summed E-state index contributed by atoms with van der Waals surface area (Å²) in [5.41, 5.74) is -0.926. The summed E-state index contributed by atoms with van der Waals surface area (Å²) in [6, 6.07) is 0.701. The Morgan fingerprint density at radius 2 is 2.00 bits per heavy atom. The van der Waals surface area contributed by atoms with Gasteiger partial charge in [0.25, 0.3) is 5.56 Å². The maximum Gasteiger partial charge on any atom is 0.749 e. The first-order valence-corrected chi connectivity index (χ1v) is 4.13. The normalized spacial score (nSPS) is 11.0. The van der Waals surface area contributed by atoms with Gasteiger partial charge in [-0.15, -0.1) is 4.89 Å². The van der Waals surface area contributed by atoms with E-state index in [1.807, 2.05) is 4.98 Å². The van der Waals surface area contributed by atoms with Crippen LogP contribution < -0.4 is 10.1 Å². The predicted molar refractivity (Wildman–Crippen MR) is 40.8 cm³/mol. The fourth-order valence-electron chi connectivity index (χ4n) is 0.639. The predicted octanol–water partition coefficient (Wildman–Crippen LogP) is -0.185. The van der Waals surface area contributed by atoms with Crippen molar-refractivity contribution in [3.63, 3.8) is 0 Å². The van der Waals surface area contributed by atoms with Crippen LogP contribution in [0.4, 0.5) is 0 Å². The zero-order valence-electron chi connectivity index (χ0n) is 6.09. The Hall–Kier alpha value is -1.59. The van der Waals surface area contributed by atoms with Gasteiger partial charge in [0.1, 0.15) is 0 Å². The standard InChI is InChI=1S/C5H4NO6P/c7-2-1-3(8)5(6-4(2)9)12-13(10)11/h1H,(H3-,6,7,8,9,10,11)/p+1. The molecular weight excluding hydrogens is 201 g/mol. The van der Waals surface area contributed by atoms with Gasteiger partial charge < -0.3 is 10.2 Å². The van der Waals surface area contributed by atoms with Gasteiger partial charge in [-0.05, 0) is 0 Å². The molecule has 0 fully saturated rings. The molecular formula is C5H5NO6P+. The van der Waals surface area contributed by atoms with Gasteiger partial charge in [-0.2, -0.15) is 0 Å². The van der Waals surface area contributed by atoms with Gasteiger partial charge in [0.15, 0.2) is 11.5 Å². The second-order valence-electron chi connectivity index (χ2n) is 2.03. The molecule has 0 aromatic carbocycles. The monoisotopic (exact) mass is 206 g/mol. The maximum atomic E-state index is 10.7. The molecule has 0 bridgehead atoms. The first kappa shape index (κ1) is 9.50. The molecule has 0 aliphatic rings. The van der Waals surface area contributed by atoms with Crippen molar-refractivity contribution in [2.75, 3.05) is 0 Å². The van der Waals surface area contributed by atoms with Crippen molar-refractivity contribution in [3.8, 4) is 17.4 Å². The minimum absolute atomic E-state index is 0.564. The number of rotatable bonds is 2. The number of aromatic hydroxyl groups is 2. The lowest BCUT2D eigenvalue weighted by Gasteiger charge is -1.96. The molecule has 0 aliphatic carbocycles. The van der Waals surface area contributed by atoms with E-state index in [0.717, 1.165) is 0 Å². The number of pyridine rings is 1. The average molecular weight is 206 g/mol. The van der Waals surface area contributed by atoms with Gasteiger partial charge in [-0.25, -0.2) is 4.52 Å². The molecule has 8 heteroatoms. The van der Waals surface area contributed by atoms with Crippen LogP contribution in [0.25, 0.3) is 0 Å². The Morgan fingerprint density at radius 1 is 1.38 bits per heavy atom. The molecule has 0 radical (unpaired) electrons. The summed E-state index contributed by atoms with van der Waals surface area (Å²) >= 11 is 0. The average Bonchev–Trinajstić information content (AvgIpc) is 1.99. The highest BCUT2D eigenvalue weighted by Crippen LogP contribution is 2.29. The van der Waals surface area contributed by atoms with Gasteiger partial charge >= 0.3 is 14.1 Å². The number of aromatic amines is 1. The zero-order chi connectivity index (χ0) is 10.0. The quantitative estimate of drug-likeness (QED) is 0.498. The minimum Gasteiger partial charge on any atom is -0.503 e. The van der Waals surface area contributed by atoms with Crippen LogP contribution in [0.1, 0.15) is 0 Å². The van der Waals surface area contributed by atoms with Crippen LogP contribution in [0.15, 0.2) is 10.9 Å². The van der Waals surface area contributed by atoms with E-state index < -0.39 is 31.2 Å². The molecule has 1 rings (SSSR count). The molecule has 1 atom stereocenters. The Bertz CT molecular complexity index is 399. The molecule has 1 unspecified atom stereocenters. The van der Waals surface area contributed by atoms with Crippen LogP contribution in [-0.4, -0.2) is 20.1 Å². The number of hydrogen-bond donors (Lipinski definition) is 4. The highest BCUT2D eigenvalue weighted by atomic mass is 31.1. The molecule has 7 nitrogen and oxygen atoms in total. The van der Waals surface area contributed by atoms with E-state index >= 15 is 0 Å². The van der Waals surface area contributed by atoms with Crippen LogP contribution in [-0.2, 0) is 4.57 Å². The van der Waals surface area contributed by atoms with Crippen molar-refractivity contribution in [2.45, 2.75) is 0 Å². The lowest BCUT2D eigenvalue weighted by molar-refractivity contribution is 0.374. The molecule has 70 valence electrons. The molecule has 0 aliphatic heterocycles. The van der Waals surface area contributed by atoms with Crippen molar-refractivity contribution >= 4 is 8.25 Å². The van der Waals surface area contributed by atoms with E-state index in [-0.39, 0.29) is 0 Å². The highest BCUT2D eigenvalue weighted by molar-refractivity contribution is 7.32. The molecule has 13 heavy (non-hydrogen) atoms. The van der Waals surface area contributed by atoms with E-state index in [4.69, 9.17) is 15.1 Å². The van der Waals surface area contributed by atoms with Crippen molar-refractivity contribution in [1.29, 1.82) is 0 Å². The highest BCUT2D eigenvalue weighted by Gasteiger charge is 2.19. The summed E-state index contributed by atoms with van der Waals surface area (Å²) < 4.78 is 14.3. The molecule has 1 heterocycles. The SMILES string of the molecule is O=c1[nH]c(O[P+](=O)O)c(O)cc1O. The maximum absolute atomic E-state index is 10.7. The molecule has 0 saturated carbocycles. The third-order valence-corrected chi connectivity index (χ3v) is 1.47. The second kappa shape index (κ2) is 3.42. The molecule has 0 amide bonds. The molecule has 1 aromatic rings. The summed E-state index contributed by atoms with van der Waals surface area (Å²) in [6.07, 6.45) is 0. The minimum atomic E-state index is -2.98. The Labute approximate surface area is 72.2 Å². The summed E-state index contributed by atoms with van der Waals surface area (Å²) in [5.74, 6) is -1.90. The van der Waals surface area contributed by atoms with Gasteiger partial charge in [0.2, 0.25) is 0 Å². The molecule has 0 saturated heterocycles. The summed E-state index contributed by atoms with van der Waals surface area (Å²) in [4.78, 5) is 20.8. The van der Waals surface area contributed by atoms with E-state index in [0.29, 0.717) is 6.07 Å². The summed E-state index contributed by atoms with van der Waals surface area (Å²) in [7, 11) is -2.98. The van der Waals surface area contributed by atoms with Crippen LogP contribution in [0, 0.1) is 0 Å². The van der Waals surface area contributed by atoms with Crippen molar-refractivity contribution in [2.24, 2.45) is 0 Å². The van der Waals surface area contributed by atoms with Crippen LogP contribution in [0.5, 0.6) is 17.4 Å². The van der Waals surface area contributed by atoms with E-state index in [1.54, 1.807) is 0 Å².